The fraction of sp³-hybridized carbons (Fsp3) is 0.600. The highest BCUT2D eigenvalue weighted by atomic mass is 35.5. The molecule has 0 amide bonds. The van der Waals surface area contributed by atoms with Crippen LogP contribution >= 0.6 is 11.6 Å². The van der Waals surface area contributed by atoms with Crippen LogP contribution in [-0.4, -0.2) is 46.6 Å². The maximum Gasteiger partial charge on any atom is 0.119 e. The van der Waals surface area contributed by atoms with E-state index in [-0.39, 0.29) is 0 Å². The molecule has 0 aliphatic rings. The van der Waals surface area contributed by atoms with Gasteiger partial charge in [0.25, 0.3) is 0 Å². The normalized spacial score (nSPS) is 10.8. The predicted molar refractivity (Wildman–Crippen MR) is 81.9 cm³/mol. The van der Waals surface area contributed by atoms with E-state index in [4.69, 9.17) is 25.8 Å². The molecule has 0 fully saturated rings. The van der Waals surface area contributed by atoms with Gasteiger partial charge in [0.2, 0.25) is 0 Å². The summed E-state index contributed by atoms with van der Waals surface area (Å²) in [6.07, 6.45) is 1.02. The van der Waals surface area contributed by atoms with Gasteiger partial charge in [-0.25, -0.2) is 0 Å². The van der Waals surface area contributed by atoms with Crippen LogP contribution in [0.1, 0.15) is 12.0 Å². The van der Waals surface area contributed by atoms with Gasteiger partial charge in [0, 0.05) is 25.3 Å². The van der Waals surface area contributed by atoms with Crippen molar-refractivity contribution in [3.05, 3.63) is 28.8 Å². The molecule has 5 heteroatoms. The van der Waals surface area contributed by atoms with Crippen LogP contribution in [0.2, 0.25) is 5.02 Å². The SMILES string of the molecule is COCCCNCCOCCOc1ccc(Cl)c(C)c1. The van der Waals surface area contributed by atoms with Crippen molar-refractivity contribution in [1.29, 1.82) is 0 Å². The number of halogens is 1. The van der Waals surface area contributed by atoms with Gasteiger partial charge in [-0.1, -0.05) is 11.6 Å². The molecule has 0 aliphatic carbocycles. The molecule has 1 aromatic carbocycles. The maximum absolute atomic E-state index is 5.95. The Morgan fingerprint density at radius 1 is 1.10 bits per heavy atom. The van der Waals surface area contributed by atoms with E-state index < -0.39 is 0 Å². The lowest BCUT2D eigenvalue weighted by Gasteiger charge is -2.09. The van der Waals surface area contributed by atoms with E-state index in [1.165, 1.54) is 0 Å². The largest absolute Gasteiger partial charge is 0.491 e. The second-order valence-corrected chi connectivity index (χ2v) is 4.88. The van der Waals surface area contributed by atoms with Crippen molar-refractivity contribution in [2.24, 2.45) is 0 Å². The van der Waals surface area contributed by atoms with Crippen LogP contribution in [0.5, 0.6) is 5.75 Å². The summed E-state index contributed by atoms with van der Waals surface area (Å²) in [5, 5.41) is 4.04. The molecule has 0 aliphatic heterocycles. The molecule has 0 heterocycles. The maximum atomic E-state index is 5.95. The Bertz CT molecular complexity index is 374. The second-order valence-electron chi connectivity index (χ2n) is 4.47. The minimum atomic E-state index is 0.546. The number of nitrogens with one attached hydrogen (secondary N) is 1. The van der Waals surface area contributed by atoms with E-state index in [0.29, 0.717) is 19.8 Å². The second kappa shape index (κ2) is 10.9. The zero-order chi connectivity index (χ0) is 14.6. The Balaban J connectivity index is 1.95. The molecular weight excluding hydrogens is 278 g/mol. The average molecular weight is 302 g/mol. The van der Waals surface area contributed by atoms with Crippen LogP contribution in [0.4, 0.5) is 0 Å². The highest BCUT2D eigenvalue weighted by molar-refractivity contribution is 6.31. The van der Waals surface area contributed by atoms with Crippen molar-refractivity contribution >= 4 is 11.6 Å². The lowest BCUT2D eigenvalue weighted by molar-refractivity contribution is 0.101. The van der Waals surface area contributed by atoms with E-state index >= 15 is 0 Å². The van der Waals surface area contributed by atoms with Gasteiger partial charge < -0.3 is 19.5 Å². The quantitative estimate of drug-likeness (QED) is 0.638. The first-order chi connectivity index (χ1) is 9.74. The first-order valence-electron chi connectivity index (χ1n) is 6.90. The standard InChI is InChI=1S/C15H24ClNO3/c1-13-12-14(4-5-15(13)16)20-11-10-19-9-7-17-6-3-8-18-2/h4-5,12,17H,3,6-11H2,1-2H3. The highest BCUT2D eigenvalue weighted by Gasteiger charge is 1.98. The lowest BCUT2D eigenvalue weighted by Crippen LogP contribution is -2.22. The van der Waals surface area contributed by atoms with Gasteiger partial charge in [0.05, 0.1) is 13.2 Å². The first kappa shape index (κ1) is 17.2. The zero-order valence-electron chi connectivity index (χ0n) is 12.3. The average Bonchev–Trinajstić information content (AvgIpc) is 2.45. The summed E-state index contributed by atoms with van der Waals surface area (Å²) in [5.41, 5.74) is 1.02. The summed E-state index contributed by atoms with van der Waals surface area (Å²) in [6, 6.07) is 5.64. The monoisotopic (exact) mass is 301 g/mol. The highest BCUT2D eigenvalue weighted by Crippen LogP contribution is 2.20. The van der Waals surface area contributed by atoms with Gasteiger partial charge in [-0.05, 0) is 43.7 Å². The smallest absolute Gasteiger partial charge is 0.119 e. The Kier molecular flexibility index (Phi) is 9.41. The molecule has 0 aromatic heterocycles. The van der Waals surface area contributed by atoms with E-state index in [2.05, 4.69) is 5.32 Å². The van der Waals surface area contributed by atoms with Crippen LogP contribution in [0.25, 0.3) is 0 Å². The van der Waals surface area contributed by atoms with Gasteiger partial charge in [-0.3, -0.25) is 0 Å². The molecule has 20 heavy (non-hydrogen) atoms. The minimum absolute atomic E-state index is 0.546. The third-order valence-corrected chi connectivity index (χ3v) is 3.18. The summed E-state index contributed by atoms with van der Waals surface area (Å²) in [4.78, 5) is 0. The van der Waals surface area contributed by atoms with E-state index in [0.717, 1.165) is 42.5 Å². The molecule has 0 saturated carbocycles. The van der Waals surface area contributed by atoms with Crippen molar-refractivity contribution in [3.8, 4) is 5.75 Å². The van der Waals surface area contributed by atoms with Crippen LogP contribution in [0.15, 0.2) is 18.2 Å². The van der Waals surface area contributed by atoms with Crippen LogP contribution in [0.3, 0.4) is 0 Å². The van der Waals surface area contributed by atoms with Gasteiger partial charge in [-0.15, -0.1) is 0 Å². The van der Waals surface area contributed by atoms with Gasteiger partial charge in [0.1, 0.15) is 12.4 Å². The molecule has 1 rings (SSSR count). The number of ether oxygens (including phenoxy) is 3. The molecule has 0 saturated heterocycles. The summed E-state index contributed by atoms with van der Waals surface area (Å²) in [6.45, 7) is 6.38. The fourth-order valence-corrected chi connectivity index (χ4v) is 1.76. The number of hydrogen-bond donors (Lipinski definition) is 1. The van der Waals surface area contributed by atoms with Crippen LogP contribution in [-0.2, 0) is 9.47 Å². The molecule has 0 radical (unpaired) electrons. The van der Waals surface area contributed by atoms with Gasteiger partial charge in [-0.2, -0.15) is 0 Å². The molecule has 0 atom stereocenters. The molecule has 0 bridgehead atoms. The molecule has 114 valence electrons. The van der Waals surface area contributed by atoms with E-state index in [9.17, 15) is 0 Å². The first-order valence-corrected chi connectivity index (χ1v) is 7.28. The van der Waals surface area contributed by atoms with Gasteiger partial charge >= 0.3 is 0 Å². The van der Waals surface area contributed by atoms with Crippen LogP contribution in [0, 0.1) is 6.92 Å². The molecule has 1 aromatic rings. The van der Waals surface area contributed by atoms with Crippen molar-refractivity contribution in [2.75, 3.05) is 46.6 Å². The summed E-state index contributed by atoms with van der Waals surface area (Å²) in [7, 11) is 1.71. The Hall–Kier alpha value is -0.810. The fourth-order valence-electron chi connectivity index (χ4n) is 1.64. The molecule has 0 unspecified atom stereocenters. The number of methoxy groups -OCH3 is 1. The molecular formula is C15H24ClNO3. The Morgan fingerprint density at radius 3 is 2.70 bits per heavy atom. The Morgan fingerprint density at radius 2 is 1.95 bits per heavy atom. The summed E-state index contributed by atoms with van der Waals surface area (Å²) < 4.78 is 16.0. The van der Waals surface area contributed by atoms with Gasteiger partial charge in [0.15, 0.2) is 0 Å². The number of benzene rings is 1. The molecule has 4 nitrogen and oxygen atoms in total. The number of hydrogen-bond acceptors (Lipinski definition) is 4. The third-order valence-electron chi connectivity index (χ3n) is 2.75. The molecule has 1 N–H and O–H groups in total. The van der Waals surface area contributed by atoms with Crippen molar-refractivity contribution in [3.63, 3.8) is 0 Å². The van der Waals surface area contributed by atoms with E-state index in [1.807, 2.05) is 25.1 Å². The Labute approximate surface area is 126 Å². The lowest BCUT2D eigenvalue weighted by atomic mass is 10.2. The number of aryl methyl sites for hydroxylation is 1. The van der Waals surface area contributed by atoms with Crippen molar-refractivity contribution < 1.29 is 14.2 Å². The van der Waals surface area contributed by atoms with E-state index in [1.54, 1.807) is 7.11 Å². The summed E-state index contributed by atoms with van der Waals surface area (Å²) >= 11 is 5.95. The summed E-state index contributed by atoms with van der Waals surface area (Å²) in [5.74, 6) is 0.827. The van der Waals surface area contributed by atoms with Crippen LogP contribution < -0.4 is 10.1 Å². The number of rotatable bonds is 11. The van der Waals surface area contributed by atoms with Crippen molar-refractivity contribution in [2.45, 2.75) is 13.3 Å². The predicted octanol–water partition coefficient (Wildman–Crippen LogP) is 2.67. The third kappa shape index (κ3) is 7.70. The topological polar surface area (TPSA) is 39.7 Å². The molecule has 0 spiro atoms. The van der Waals surface area contributed by atoms with Crippen molar-refractivity contribution in [1.82, 2.24) is 5.32 Å². The minimum Gasteiger partial charge on any atom is -0.491 e. The zero-order valence-corrected chi connectivity index (χ0v) is 13.0.